The number of hydrogen-bond donors (Lipinski definition) is 1. The Hall–Kier alpha value is -1.45. The zero-order chi connectivity index (χ0) is 13.1. The normalized spacial score (nSPS) is 12.8. The number of rotatable bonds is 4. The molecule has 0 saturated carbocycles. The lowest BCUT2D eigenvalue weighted by molar-refractivity contribution is 0.305. The van der Waals surface area contributed by atoms with Crippen LogP contribution in [0.4, 0.5) is 0 Å². The Morgan fingerprint density at radius 3 is 2.61 bits per heavy atom. The van der Waals surface area contributed by atoms with Crippen molar-refractivity contribution >= 4 is 28.0 Å². The average molecular weight is 258 g/mol. The number of nitrogens with zero attached hydrogens (tertiary/aromatic N) is 1. The van der Waals surface area contributed by atoms with Crippen LogP contribution >= 0.6 is 12.2 Å². The van der Waals surface area contributed by atoms with Gasteiger partial charge in [-0.2, -0.15) is 0 Å². The zero-order valence-electron chi connectivity index (χ0n) is 10.8. The van der Waals surface area contributed by atoms with Crippen molar-refractivity contribution in [2.24, 2.45) is 5.73 Å². The topological polar surface area (TPSA) is 29.3 Å². The molecule has 94 valence electrons. The van der Waals surface area contributed by atoms with Crippen LogP contribution in [0, 0.1) is 0 Å². The summed E-state index contributed by atoms with van der Waals surface area (Å²) in [5, 5.41) is 2.56. The van der Waals surface area contributed by atoms with E-state index in [1.807, 2.05) is 14.0 Å². The number of fused-ring (bicyclic) bond motifs is 1. The van der Waals surface area contributed by atoms with Crippen LogP contribution in [0.1, 0.15) is 12.5 Å². The first kappa shape index (κ1) is 13.0. The highest BCUT2D eigenvalue weighted by atomic mass is 32.1. The van der Waals surface area contributed by atoms with Crippen molar-refractivity contribution in [1.82, 2.24) is 4.90 Å². The molecule has 0 amide bonds. The first-order valence-corrected chi connectivity index (χ1v) is 6.46. The maximum Gasteiger partial charge on any atom is 0.0899 e. The fraction of sp³-hybridized carbons (Fsp3) is 0.267. The molecule has 1 unspecified atom stereocenters. The molecule has 0 spiro atoms. The fourth-order valence-corrected chi connectivity index (χ4v) is 2.23. The van der Waals surface area contributed by atoms with Crippen LogP contribution in [-0.2, 0) is 6.54 Å². The van der Waals surface area contributed by atoms with Crippen LogP contribution in [-0.4, -0.2) is 23.0 Å². The lowest BCUT2D eigenvalue weighted by atomic mass is 10.0. The van der Waals surface area contributed by atoms with Crippen LogP contribution in [0.2, 0.25) is 0 Å². The summed E-state index contributed by atoms with van der Waals surface area (Å²) in [6.07, 6.45) is 0. The van der Waals surface area contributed by atoms with Crippen molar-refractivity contribution in [3.05, 3.63) is 48.0 Å². The van der Waals surface area contributed by atoms with Gasteiger partial charge in [0, 0.05) is 6.54 Å². The van der Waals surface area contributed by atoms with E-state index in [-0.39, 0.29) is 6.04 Å². The van der Waals surface area contributed by atoms with Gasteiger partial charge in [0.05, 0.1) is 11.0 Å². The molecule has 0 radical (unpaired) electrons. The zero-order valence-corrected chi connectivity index (χ0v) is 11.6. The Morgan fingerprint density at radius 2 is 1.89 bits per heavy atom. The number of likely N-dealkylation sites (N-methyl/N-ethyl adjacent to an activating group) is 1. The Balaban J connectivity index is 2.29. The SMILES string of the molecule is CC(C(N)=S)N(C)Cc1cccc2ccccc12. The smallest absolute Gasteiger partial charge is 0.0899 e. The molecular formula is C15H18N2S. The van der Waals surface area contributed by atoms with E-state index in [0.717, 1.165) is 6.54 Å². The second kappa shape index (κ2) is 5.46. The molecular weight excluding hydrogens is 240 g/mol. The fourth-order valence-electron chi connectivity index (χ4n) is 2.05. The number of benzene rings is 2. The summed E-state index contributed by atoms with van der Waals surface area (Å²) in [6.45, 7) is 2.88. The summed E-state index contributed by atoms with van der Waals surface area (Å²) in [5.74, 6) is 0. The molecule has 18 heavy (non-hydrogen) atoms. The van der Waals surface area contributed by atoms with E-state index in [0.29, 0.717) is 4.99 Å². The predicted octanol–water partition coefficient (Wildman–Crippen LogP) is 2.95. The Labute approximate surface area is 113 Å². The molecule has 0 aliphatic rings. The molecule has 0 saturated heterocycles. The lowest BCUT2D eigenvalue weighted by Gasteiger charge is -2.24. The van der Waals surface area contributed by atoms with Crippen LogP contribution in [0.5, 0.6) is 0 Å². The highest BCUT2D eigenvalue weighted by Crippen LogP contribution is 2.20. The van der Waals surface area contributed by atoms with Gasteiger partial charge in [-0.05, 0) is 30.3 Å². The van der Waals surface area contributed by atoms with E-state index >= 15 is 0 Å². The minimum absolute atomic E-state index is 0.110. The van der Waals surface area contributed by atoms with Crippen molar-refractivity contribution in [1.29, 1.82) is 0 Å². The van der Waals surface area contributed by atoms with E-state index in [1.54, 1.807) is 0 Å². The molecule has 2 aromatic rings. The first-order valence-electron chi connectivity index (χ1n) is 6.06. The standard InChI is InChI=1S/C15H18N2S/c1-11(15(16)18)17(2)10-13-8-5-7-12-6-3-4-9-14(12)13/h3-9,11H,10H2,1-2H3,(H2,16,18). The molecule has 1 atom stereocenters. The maximum atomic E-state index is 5.69. The van der Waals surface area contributed by atoms with Gasteiger partial charge in [0.2, 0.25) is 0 Å². The second-order valence-electron chi connectivity index (χ2n) is 4.63. The molecule has 2 rings (SSSR count). The molecule has 2 nitrogen and oxygen atoms in total. The van der Waals surface area contributed by atoms with Gasteiger partial charge >= 0.3 is 0 Å². The predicted molar refractivity (Wildman–Crippen MR) is 81.7 cm³/mol. The molecule has 0 fully saturated rings. The van der Waals surface area contributed by atoms with Crippen LogP contribution in [0.15, 0.2) is 42.5 Å². The van der Waals surface area contributed by atoms with E-state index in [9.17, 15) is 0 Å². The van der Waals surface area contributed by atoms with Crippen molar-refractivity contribution in [2.75, 3.05) is 7.05 Å². The Kier molecular flexibility index (Phi) is 3.94. The summed E-state index contributed by atoms with van der Waals surface area (Å²) < 4.78 is 0. The lowest BCUT2D eigenvalue weighted by Crippen LogP contribution is -2.38. The van der Waals surface area contributed by atoms with E-state index < -0.39 is 0 Å². The molecule has 2 N–H and O–H groups in total. The number of thiocarbonyl (C=S) groups is 1. The third kappa shape index (κ3) is 2.68. The van der Waals surface area contributed by atoms with Gasteiger partial charge in [0.1, 0.15) is 0 Å². The average Bonchev–Trinajstić information content (AvgIpc) is 2.38. The molecule has 0 bridgehead atoms. The van der Waals surface area contributed by atoms with E-state index in [2.05, 4.69) is 47.4 Å². The Morgan fingerprint density at radius 1 is 1.22 bits per heavy atom. The van der Waals surface area contributed by atoms with Gasteiger partial charge in [-0.25, -0.2) is 0 Å². The Bertz CT molecular complexity index is 560. The summed E-state index contributed by atoms with van der Waals surface area (Å²) >= 11 is 5.04. The van der Waals surface area contributed by atoms with Gasteiger partial charge in [0.15, 0.2) is 0 Å². The molecule has 0 aromatic heterocycles. The van der Waals surface area contributed by atoms with Crippen molar-refractivity contribution in [2.45, 2.75) is 19.5 Å². The molecule has 3 heteroatoms. The molecule has 2 aromatic carbocycles. The van der Waals surface area contributed by atoms with Gasteiger partial charge in [-0.3, -0.25) is 4.90 Å². The van der Waals surface area contributed by atoms with Crippen molar-refractivity contribution in [3.63, 3.8) is 0 Å². The van der Waals surface area contributed by atoms with E-state index in [4.69, 9.17) is 18.0 Å². The van der Waals surface area contributed by atoms with Crippen LogP contribution in [0.25, 0.3) is 10.8 Å². The maximum absolute atomic E-state index is 5.69. The summed E-state index contributed by atoms with van der Waals surface area (Å²) in [6, 6.07) is 14.9. The minimum atomic E-state index is 0.110. The number of hydrogen-bond acceptors (Lipinski definition) is 2. The van der Waals surface area contributed by atoms with Gasteiger partial charge in [-0.15, -0.1) is 0 Å². The summed E-state index contributed by atoms with van der Waals surface area (Å²) in [4.78, 5) is 2.71. The third-order valence-electron chi connectivity index (χ3n) is 3.37. The third-order valence-corrected chi connectivity index (χ3v) is 3.71. The van der Waals surface area contributed by atoms with Crippen molar-refractivity contribution < 1.29 is 0 Å². The van der Waals surface area contributed by atoms with Gasteiger partial charge in [-0.1, -0.05) is 54.7 Å². The first-order chi connectivity index (χ1) is 8.59. The highest BCUT2D eigenvalue weighted by Gasteiger charge is 2.12. The second-order valence-corrected chi connectivity index (χ2v) is 5.10. The quantitative estimate of drug-likeness (QED) is 0.855. The molecule has 0 aliphatic carbocycles. The molecule has 0 aliphatic heterocycles. The van der Waals surface area contributed by atoms with Gasteiger partial charge in [0.25, 0.3) is 0 Å². The monoisotopic (exact) mass is 258 g/mol. The highest BCUT2D eigenvalue weighted by molar-refractivity contribution is 7.80. The molecule has 0 heterocycles. The van der Waals surface area contributed by atoms with E-state index in [1.165, 1.54) is 16.3 Å². The van der Waals surface area contributed by atoms with Crippen LogP contribution < -0.4 is 5.73 Å². The summed E-state index contributed by atoms with van der Waals surface area (Å²) in [5.41, 5.74) is 7.00. The minimum Gasteiger partial charge on any atom is -0.392 e. The van der Waals surface area contributed by atoms with Crippen molar-refractivity contribution in [3.8, 4) is 0 Å². The largest absolute Gasteiger partial charge is 0.392 e. The van der Waals surface area contributed by atoms with Gasteiger partial charge < -0.3 is 5.73 Å². The number of nitrogens with two attached hydrogens (primary N) is 1. The van der Waals surface area contributed by atoms with Crippen LogP contribution in [0.3, 0.4) is 0 Å². The summed E-state index contributed by atoms with van der Waals surface area (Å²) in [7, 11) is 2.05.